The van der Waals surface area contributed by atoms with Crippen LogP contribution in [0.1, 0.15) is 12.5 Å². The predicted molar refractivity (Wildman–Crippen MR) is 52.0 cm³/mol. The molecule has 0 aliphatic carbocycles. The third kappa shape index (κ3) is 2.62. The van der Waals surface area contributed by atoms with Gasteiger partial charge in [0.1, 0.15) is 5.75 Å². The molecule has 0 unspecified atom stereocenters. The minimum atomic E-state index is 0.303. The van der Waals surface area contributed by atoms with Gasteiger partial charge in [0.25, 0.3) is 0 Å². The summed E-state index contributed by atoms with van der Waals surface area (Å²) >= 11 is 0. The van der Waals surface area contributed by atoms with Crippen LogP contribution in [0.5, 0.6) is 5.75 Å². The average molecular weight is 160 g/mol. The van der Waals surface area contributed by atoms with Gasteiger partial charge in [-0.05, 0) is 24.6 Å². The smallest absolute Gasteiger partial charge is 0.116 e. The van der Waals surface area contributed by atoms with Crippen LogP contribution in [0.15, 0.2) is 42.5 Å². The largest absolute Gasteiger partial charge is 0.508 e. The second-order valence-electron chi connectivity index (χ2n) is 2.48. The van der Waals surface area contributed by atoms with Gasteiger partial charge in [-0.25, -0.2) is 0 Å². The summed E-state index contributed by atoms with van der Waals surface area (Å²) in [7, 11) is 0. The van der Waals surface area contributed by atoms with Crippen molar-refractivity contribution >= 4 is 6.08 Å². The van der Waals surface area contributed by atoms with Crippen molar-refractivity contribution in [3.8, 4) is 5.75 Å². The van der Waals surface area contributed by atoms with Gasteiger partial charge in [0.15, 0.2) is 0 Å². The quantitative estimate of drug-likeness (QED) is 0.659. The molecule has 0 bridgehead atoms. The summed E-state index contributed by atoms with van der Waals surface area (Å²) in [6.45, 7) is 1.97. The van der Waals surface area contributed by atoms with Gasteiger partial charge in [0.2, 0.25) is 0 Å². The molecule has 1 aromatic carbocycles. The Labute approximate surface area is 72.7 Å². The van der Waals surface area contributed by atoms with Crippen LogP contribution in [0, 0.1) is 0 Å². The molecule has 0 fully saturated rings. The molecule has 1 rings (SSSR count). The van der Waals surface area contributed by atoms with E-state index >= 15 is 0 Å². The Hall–Kier alpha value is -1.50. The first kappa shape index (κ1) is 8.60. The predicted octanol–water partition coefficient (Wildman–Crippen LogP) is 2.98. The van der Waals surface area contributed by atoms with Crippen LogP contribution in [0.4, 0.5) is 0 Å². The summed E-state index contributed by atoms with van der Waals surface area (Å²) in [5, 5.41) is 9.12. The molecule has 0 aliphatic rings. The van der Waals surface area contributed by atoms with E-state index in [-0.39, 0.29) is 0 Å². The topological polar surface area (TPSA) is 20.2 Å². The summed E-state index contributed by atoms with van der Waals surface area (Å²) < 4.78 is 0. The standard InChI is InChI=1S/C11H12O/c1-2-3-4-6-10-7-5-8-11(12)9-10/h2-9,12H,1H3/b3-2+,6-4+. The van der Waals surface area contributed by atoms with Gasteiger partial charge in [-0.15, -0.1) is 0 Å². The highest BCUT2D eigenvalue weighted by molar-refractivity contribution is 5.52. The lowest BCUT2D eigenvalue weighted by Gasteiger charge is -1.92. The number of hydrogen-bond donors (Lipinski definition) is 1. The van der Waals surface area contributed by atoms with Crippen LogP contribution in [0.3, 0.4) is 0 Å². The Kier molecular flexibility index (Phi) is 3.15. The Morgan fingerprint density at radius 3 is 2.75 bits per heavy atom. The van der Waals surface area contributed by atoms with Crippen molar-refractivity contribution in [2.45, 2.75) is 6.92 Å². The fourth-order valence-electron chi connectivity index (χ4n) is 0.906. The Bertz CT molecular complexity index is 298. The van der Waals surface area contributed by atoms with Crippen molar-refractivity contribution < 1.29 is 5.11 Å². The van der Waals surface area contributed by atoms with Gasteiger partial charge in [-0.3, -0.25) is 0 Å². The zero-order chi connectivity index (χ0) is 8.81. The molecule has 1 N–H and O–H groups in total. The molecule has 1 nitrogen and oxygen atoms in total. The van der Waals surface area contributed by atoms with Crippen molar-refractivity contribution in [1.82, 2.24) is 0 Å². The third-order valence-electron chi connectivity index (χ3n) is 1.46. The molecule has 0 radical (unpaired) electrons. The van der Waals surface area contributed by atoms with Crippen molar-refractivity contribution in [1.29, 1.82) is 0 Å². The molecule has 0 amide bonds. The van der Waals surface area contributed by atoms with E-state index in [9.17, 15) is 0 Å². The van der Waals surface area contributed by atoms with E-state index in [1.54, 1.807) is 12.1 Å². The highest BCUT2D eigenvalue weighted by atomic mass is 16.3. The minimum absolute atomic E-state index is 0.303. The van der Waals surface area contributed by atoms with E-state index in [2.05, 4.69) is 0 Å². The second kappa shape index (κ2) is 4.39. The van der Waals surface area contributed by atoms with Crippen LogP contribution in [-0.4, -0.2) is 5.11 Å². The highest BCUT2D eigenvalue weighted by Gasteiger charge is 1.86. The van der Waals surface area contributed by atoms with Crippen LogP contribution >= 0.6 is 0 Å². The summed E-state index contributed by atoms with van der Waals surface area (Å²) in [6.07, 6.45) is 7.79. The number of hydrogen-bond acceptors (Lipinski definition) is 1. The fraction of sp³-hybridized carbons (Fsp3) is 0.0909. The number of phenols is 1. The first-order valence-corrected chi connectivity index (χ1v) is 3.91. The summed E-state index contributed by atoms with van der Waals surface area (Å²) in [6, 6.07) is 7.15. The summed E-state index contributed by atoms with van der Waals surface area (Å²) in [5.74, 6) is 0.303. The zero-order valence-electron chi connectivity index (χ0n) is 7.07. The molecule has 0 atom stereocenters. The molecule has 0 spiro atoms. The molecule has 0 heterocycles. The normalized spacial score (nSPS) is 11.4. The van der Waals surface area contributed by atoms with Crippen molar-refractivity contribution in [2.24, 2.45) is 0 Å². The van der Waals surface area contributed by atoms with Gasteiger partial charge >= 0.3 is 0 Å². The van der Waals surface area contributed by atoms with Crippen LogP contribution in [0.2, 0.25) is 0 Å². The maximum absolute atomic E-state index is 9.12. The highest BCUT2D eigenvalue weighted by Crippen LogP contribution is 2.11. The summed E-state index contributed by atoms with van der Waals surface area (Å²) in [4.78, 5) is 0. The Morgan fingerprint density at radius 1 is 1.25 bits per heavy atom. The Balaban J connectivity index is 2.76. The second-order valence-corrected chi connectivity index (χ2v) is 2.48. The van der Waals surface area contributed by atoms with Gasteiger partial charge in [-0.1, -0.05) is 36.4 Å². The van der Waals surface area contributed by atoms with E-state index in [0.29, 0.717) is 5.75 Å². The number of phenolic OH excluding ortho intramolecular Hbond substituents is 1. The van der Waals surface area contributed by atoms with Gasteiger partial charge in [0.05, 0.1) is 0 Å². The van der Waals surface area contributed by atoms with E-state index in [1.165, 1.54) is 0 Å². The Morgan fingerprint density at radius 2 is 2.08 bits per heavy atom. The molecule has 12 heavy (non-hydrogen) atoms. The number of benzene rings is 1. The summed E-state index contributed by atoms with van der Waals surface area (Å²) in [5.41, 5.74) is 1.01. The monoisotopic (exact) mass is 160 g/mol. The molecule has 1 heteroatoms. The maximum atomic E-state index is 9.12. The van der Waals surface area contributed by atoms with Crippen LogP contribution < -0.4 is 0 Å². The SMILES string of the molecule is C/C=C/C=C/c1cccc(O)c1. The molecule has 0 aromatic heterocycles. The third-order valence-corrected chi connectivity index (χ3v) is 1.46. The molecule has 62 valence electrons. The van der Waals surface area contributed by atoms with E-state index in [1.807, 2.05) is 43.4 Å². The molecule has 1 aromatic rings. The van der Waals surface area contributed by atoms with Gasteiger partial charge in [-0.2, -0.15) is 0 Å². The van der Waals surface area contributed by atoms with Gasteiger partial charge < -0.3 is 5.11 Å². The zero-order valence-corrected chi connectivity index (χ0v) is 7.07. The lowest BCUT2D eigenvalue weighted by atomic mass is 10.2. The first-order valence-electron chi connectivity index (χ1n) is 3.91. The average Bonchev–Trinajstić information content (AvgIpc) is 2.05. The van der Waals surface area contributed by atoms with Gasteiger partial charge in [0, 0.05) is 0 Å². The molecular formula is C11H12O. The molecule has 0 saturated heterocycles. The van der Waals surface area contributed by atoms with E-state index in [0.717, 1.165) is 5.56 Å². The van der Waals surface area contributed by atoms with Crippen molar-refractivity contribution in [3.63, 3.8) is 0 Å². The van der Waals surface area contributed by atoms with Crippen LogP contribution in [0.25, 0.3) is 6.08 Å². The number of aromatic hydroxyl groups is 1. The first-order chi connectivity index (χ1) is 5.83. The fourth-order valence-corrected chi connectivity index (χ4v) is 0.906. The number of allylic oxidation sites excluding steroid dienone is 3. The minimum Gasteiger partial charge on any atom is -0.508 e. The lowest BCUT2D eigenvalue weighted by Crippen LogP contribution is -1.69. The lowest BCUT2D eigenvalue weighted by molar-refractivity contribution is 0.475. The molecule has 0 saturated carbocycles. The van der Waals surface area contributed by atoms with Crippen molar-refractivity contribution in [2.75, 3.05) is 0 Å². The van der Waals surface area contributed by atoms with E-state index < -0.39 is 0 Å². The maximum Gasteiger partial charge on any atom is 0.116 e. The van der Waals surface area contributed by atoms with Crippen molar-refractivity contribution in [3.05, 3.63) is 48.1 Å². The van der Waals surface area contributed by atoms with E-state index in [4.69, 9.17) is 5.11 Å². The molecular weight excluding hydrogens is 148 g/mol. The number of rotatable bonds is 2. The van der Waals surface area contributed by atoms with Crippen LogP contribution in [-0.2, 0) is 0 Å². The molecule has 0 aliphatic heterocycles.